The number of ether oxygens (including phenoxy) is 1. The zero-order chi connectivity index (χ0) is 15.0. The van der Waals surface area contributed by atoms with Gasteiger partial charge in [0.15, 0.2) is 0 Å². The molecule has 0 unspecified atom stereocenters. The van der Waals surface area contributed by atoms with Gasteiger partial charge in [-0.25, -0.2) is 0 Å². The Kier molecular flexibility index (Phi) is 7.41. The number of nitrogens with zero attached hydrogens (tertiary/aromatic N) is 1. The summed E-state index contributed by atoms with van der Waals surface area (Å²) in [6.45, 7) is 6.02. The quantitative estimate of drug-likeness (QED) is 0.711. The lowest BCUT2D eigenvalue weighted by molar-refractivity contribution is -0.135. The van der Waals surface area contributed by atoms with E-state index in [1.54, 1.807) is 17.0 Å². The Balaban J connectivity index is 2.48. The second kappa shape index (κ2) is 8.82. The summed E-state index contributed by atoms with van der Waals surface area (Å²) in [6.07, 6.45) is 1.01. The molecule has 1 aromatic rings. The van der Waals surface area contributed by atoms with E-state index in [0.717, 1.165) is 12.1 Å². The fourth-order valence-corrected chi connectivity index (χ4v) is 1.84. The SMILES string of the molecule is CC(C)CCOCCN(CC(=O)O)c1ccc(Cl)cc1. The monoisotopic (exact) mass is 299 g/mol. The predicted molar refractivity (Wildman–Crippen MR) is 81.6 cm³/mol. The van der Waals surface area contributed by atoms with E-state index >= 15 is 0 Å². The zero-order valence-electron chi connectivity index (χ0n) is 12.0. The summed E-state index contributed by atoms with van der Waals surface area (Å²) in [5.74, 6) is -0.247. The average molecular weight is 300 g/mol. The van der Waals surface area contributed by atoms with Crippen LogP contribution in [-0.2, 0) is 9.53 Å². The lowest BCUT2D eigenvalue weighted by Crippen LogP contribution is -2.32. The fraction of sp³-hybridized carbons (Fsp3) is 0.533. The van der Waals surface area contributed by atoms with Crippen molar-refractivity contribution in [2.45, 2.75) is 20.3 Å². The van der Waals surface area contributed by atoms with Crippen molar-refractivity contribution >= 4 is 23.3 Å². The van der Waals surface area contributed by atoms with Crippen molar-refractivity contribution in [3.05, 3.63) is 29.3 Å². The van der Waals surface area contributed by atoms with Crippen molar-refractivity contribution in [3.8, 4) is 0 Å². The van der Waals surface area contributed by atoms with Crippen LogP contribution in [0.25, 0.3) is 0 Å². The van der Waals surface area contributed by atoms with Crippen LogP contribution in [0.15, 0.2) is 24.3 Å². The predicted octanol–water partition coefficient (Wildman–Crippen LogP) is 3.29. The number of hydrogen-bond acceptors (Lipinski definition) is 3. The van der Waals surface area contributed by atoms with Gasteiger partial charge >= 0.3 is 5.97 Å². The van der Waals surface area contributed by atoms with E-state index in [-0.39, 0.29) is 6.54 Å². The zero-order valence-corrected chi connectivity index (χ0v) is 12.8. The van der Waals surface area contributed by atoms with E-state index in [0.29, 0.717) is 30.7 Å². The smallest absolute Gasteiger partial charge is 0.323 e. The molecule has 0 atom stereocenters. The minimum absolute atomic E-state index is 0.0465. The third-order valence-corrected chi connectivity index (χ3v) is 3.11. The van der Waals surface area contributed by atoms with Crippen molar-refractivity contribution in [2.24, 2.45) is 5.92 Å². The summed E-state index contributed by atoms with van der Waals surface area (Å²) in [4.78, 5) is 12.7. The maximum Gasteiger partial charge on any atom is 0.323 e. The first-order valence-electron chi connectivity index (χ1n) is 6.79. The Hall–Kier alpha value is -1.26. The number of benzene rings is 1. The number of aliphatic carboxylic acids is 1. The topological polar surface area (TPSA) is 49.8 Å². The molecule has 0 fully saturated rings. The van der Waals surface area contributed by atoms with Crippen LogP contribution >= 0.6 is 11.6 Å². The minimum Gasteiger partial charge on any atom is -0.480 e. The Bertz CT molecular complexity index is 406. The van der Waals surface area contributed by atoms with E-state index < -0.39 is 5.97 Å². The van der Waals surface area contributed by atoms with Gasteiger partial charge in [-0.2, -0.15) is 0 Å². The number of carboxylic acid groups (broad SMARTS) is 1. The van der Waals surface area contributed by atoms with Gasteiger partial charge in [-0.15, -0.1) is 0 Å². The molecule has 1 rings (SSSR count). The molecule has 0 saturated carbocycles. The standard InChI is InChI=1S/C15H22ClNO3/c1-12(2)7-9-20-10-8-17(11-15(18)19)14-5-3-13(16)4-6-14/h3-6,12H,7-11H2,1-2H3,(H,18,19). The third kappa shape index (κ3) is 6.78. The van der Waals surface area contributed by atoms with E-state index in [2.05, 4.69) is 13.8 Å². The summed E-state index contributed by atoms with van der Waals surface area (Å²) >= 11 is 5.84. The van der Waals surface area contributed by atoms with E-state index in [1.165, 1.54) is 0 Å². The van der Waals surface area contributed by atoms with Gasteiger partial charge in [0.1, 0.15) is 6.54 Å². The van der Waals surface area contributed by atoms with Crippen LogP contribution in [0.3, 0.4) is 0 Å². The first-order chi connectivity index (χ1) is 9.49. The number of rotatable bonds is 9. The first-order valence-corrected chi connectivity index (χ1v) is 7.17. The van der Waals surface area contributed by atoms with Crippen LogP contribution in [0.1, 0.15) is 20.3 Å². The molecule has 5 heteroatoms. The maximum atomic E-state index is 10.9. The molecule has 0 bridgehead atoms. The maximum absolute atomic E-state index is 10.9. The fourth-order valence-electron chi connectivity index (χ4n) is 1.71. The number of hydrogen-bond donors (Lipinski definition) is 1. The summed E-state index contributed by atoms with van der Waals surface area (Å²) in [6, 6.07) is 7.15. The molecule has 0 aliphatic carbocycles. The van der Waals surface area contributed by atoms with E-state index in [9.17, 15) is 4.79 Å². The number of carbonyl (C=O) groups is 1. The third-order valence-electron chi connectivity index (χ3n) is 2.86. The minimum atomic E-state index is -0.859. The summed E-state index contributed by atoms with van der Waals surface area (Å²) in [7, 11) is 0. The number of halogens is 1. The molecule has 0 aromatic heterocycles. The highest BCUT2D eigenvalue weighted by Gasteiger charge is 2.10. The highest BCUT2D eigenvalue weighted by Crippen LogP contribution is 2.17. The van der Waals surface area contributed by atoms with Gasteiger partial charge < -0.3 is 14.7 Å². The van der Waals surface area contributed by atoms with Crippen LogP contribution in [0.5, 0.6) is 0 Å². The molecule has 1 N–H and O–H groups in total. The first kappa shape index (κ1) is 16.8. The number of carboxylic acids is 1. The molecule has 0 aliphatic rings. The Morgan fingerprint density at radius 2 is 1.95 bits per heavy atom. The molecule has 0 amide bonds. The average Bonchev–Trinajstić information content (AvgIpc) is 2.37. The molecular weight excluding hydrogens is 278 g/mol. The molecule has 20 heavy (non-hydrogen) atoms. The van der Waals surface area contributed by atoms with Gasteiger partial charge in [0.2, 0.25) is 0 Å². The molecule has 1 aromatic carbocycles. The molecule has 4 nitrogen and oxygen atoms in total. The van der Waals surface area contributed by atoms with Gasteiger partial charge in [-0.3, -0.25) is 4.79 Å². The molecule has 0 heterocycles. The van der Waals surface area contributed by atoms with Gasteiger partial charge in [0, 0.05) is 23.9 Å². The van der Waals surface area contributed by atoms with Crippen molar-refractivity contribution in [3.63, 3.8) is 0 Å². The molecule has 112 valence electrons. The lowest BCUT2D eigenvalue weighted by Gasteiger charge is -2.23. The largest absolute Gasteiger partial charge is 0.480 e. The lowest BCUT2D eigenvalue weighted by atomic mass is 10.1. The van der Waals surface area contributed by atoms with Crippen LogP contribution in [0.2, 0.25) is 5.02 Å². The molecular formula is C15H22ClNO3. The molecule has 0 spiro atoms. The highest BCUT2D eigenvalue weighted by atomic mass is 35.5. The van der Waals surface area contributed by atoms with E-state index in [4.69, 9.17) is 21.4 Å². The van der Waals surface area contributed by atoms with Crippen molar-refractivity contribution < 1.29 is 14.6 Å². The Morgan fingerprint density at radius 1 is 1.30 bits per heavy atom. The highest BCUT2D eigenvalue weighted by molar-refractivity contribution is 6.30. The second-order valence-corrected chi connectivity index (χ2v) is 5.52. The summed E-state index contributed by atoms with van der Waals surface area (Å²) in [5, 5.41) is 9.60. The van der Waals surface area contributed by atoms with Crippen molar-refractivity contribution in [2.75, 3.05) is 31.2 Å². The van der Waals surface area contributed by atoms with Gasteiger partial charge in [0.05, 0.1) is 6.61 Å². The normalized spacial score (nSPS) is 10.8. The summed E-state index contributed by atoms with van der Waals surface area (Å²) < 4.78 is 5.54. The molecule has 0 aliphatic heterocycles. The van der Waals surface area contributed by atoms with Gasteiger partial charge in [0.25, 0.3) is 0 Å². The van der Waals surface area contributed by atoms with Crippen LogP contribution < -0.4 is 4.90 Å². The van der Waals surface area contributed by atoms with Crippen LogP contribution in [-0.4, -0.2) is 37.4 Å². The van der Waals surface area contributed by atoms with E-state index in [1.807, 2.05) is 12.1 Å². The van der Waals surface area contributed by atoms with Gasteiger partial charge in [-0.1, -0.05) is 25.4 Å². The second-order valence-electron chi connectivity index (χ2n) is 5.09. The van der Waals surface area contributed by atoms with Crippen molar-refractivity contribution in [1.82, 2.24) is 0 Å². The molecule has 0 radical (unpaired) electrons. The molecule has 0 saturated heterocycles. The van der Waals surface area contributed by atoms with Crippen LogP contribution in [0.4, 0.5) is 5.69 Å². The Labute approximate surface area is 125 Å². The van der Waals surface area contributed by atoms with Crippen LogP contribution in [0, 0.1) is 5.92 Å². The number of anilines is 1. The van der Waals surface area contributed by atoms with Gasteiger partial charge in [-0.05, 0) is 36.6 Å². The Morgan fingerprint density at radius 3 is 2.50 bits per heavy atom. The van der Waals surface area contributed by atoms with Crippen molar-refractivity contribution in [1.29, 1.82) is 0 Å². The summed E-state index contributed by atoms with van der Waals surface area (Å²) in [5.41, 5.74) is 0.837.